The van der Waals surface area contributed by atoms with Crippen LogP contribution in [0.15, 0.2) is 53.0 Å². The van der Waals surface area contributed by atoms with Crippen molar-refractivity contribution in [1.82, 2.24) is 40.4 Å². The van der Waals surface area contributed by atoms with Crippen LogP contribution in [0.5, 0.6) is 0 Å². The highest BCUT2D eigenvalue weighted by atomic mass is 32.1. The Morgan fingerprint density at radius 1 is 0.910 bits per heavy atom. The quantitative estimate of drug-likeness (QED) is 0.0875. The van der Waals surface area contributed by atoms with Crippen molar-refractivity contribution < 1.29 is 33.4 Å². The molecule has 2 aliphatic carbocycles. The van der Waals surface area contributed by atoms with Crippen molar-refractivity contribution in [2.45, 2.75) is 117 Å². The van der Waals surface area contributed by atoms with E-state index in [9.17, 15) is 28.8 Å². The highest BCUT2D eigenvalue weighted by Gasteiger charge is 2.54. The second-order valence-corrected chi connectivity index (χ2v) is 20.2. The van der Waals surface area contributed by atoms with E-state index in [4.69, 9.17) is 9.47 Å². The summed E-state index contributed by atoms with van der Waals surface area (Å²) in [4.78, 5) is 95.5. The first-order valence-corrected chi connectivity index (χ1v) is 23.9. The summed E-state index contributed by atoms with van der Waals surface area (Å²) in [6.45, 7) is 10.1. The molecule has 18 nitrogen and oxygen atoms in total. The Kier molecular flexibility index (Phi) is 13.9. The molecule has 8 rings (SSSR count). The lowest BCUT2D eigenvalue weighted by molar-refractivity contribution is -0.144. The van der Waals surface area contributed by atoms with Crippen molar-refractivity contribution in [3.05, 3.63) is 81.1 Å². The third kappa shape index (κ3) is 10.7. The van der Waals surface area contributed by atoms with Gasteiger partial charge in [0.05, 0.1) is 35.9 Å². The van der Waals surface area contributed by atoms with Gasteiger partial charge in [0.1, 0.15) is 53.7 Å². The summed E-state index contributed by atoms with van der Waals surface area (Å²) in [5.74, 6) is -1.13. The number of nitrogens with zero attached hydrogens (tertiary/aromatic N) is 5. The van der Waals surface area contributed by atoms with Gasteiger partial charge in [0.25, 0.3) is 17.4 Å². The number of likely N-dealkylation sites (tertiary alicyclic amines) is 1. The highest BCUT2D eigenvalue weighted by molar-refractivity contribution is 7.13. The number of carbonyl (C=O) groups excluding carboxylic acids is 5. The predicted octanol–water partition coefficient (Wildman–Crippen LogP) is 5.07. The largest absolute Gasteiger partial charge is 0.379 e. The van der Waals surface area contributed by atoms with E-state index in [1.54, 1.807) is 26.9 Å². The Labute approximate surface area is 393 Å². The number of anilines is 3. The number of amides is 5. The zero-order chi connectivity index (χ0) is 47.5. The molecule has 0 bridgehead atoms. The number of nitrogens with one attached hydrogen (secondary N) is 5. The van der Waals surface area contributed by atoms with E-state index in [-0.39, 0.29) is 79.4 Å². The van der Waals surface area contributed by atoms with Gasteiger partial charge < -0.3 is 41.0 Å². The molecule has 0 unspecified atom stereocenters. The van der Waals surface area contributed by atoms with Gasteiger partial charge in [-0.25, -0.2) is 15.0 Å². The molecule has 2 saturated carbocycles. The molecule has 2 atom stereocenters. The van der Waals surface area contributed by atoms with E-state index >= 15 is 0 Å². The second-order valence-electron chi connectivity index (χ2n) is 19.3. The van der Waals surface area contributed by atoms with Gasteiger partial charge in [0.15, 0.2) is 0 Å². The fourth-order valence-electron chi connectivity index (χ4n) is 9.44. The average Bonchev–Trinajstić information content (AvgIpc) is 3.55. The molecule has 5 heterocycles. The van der Waals surface area contributed by atoms with Crippen LogP contribution in [-0.2, 0) is 40.9 Å². The number of benzene rings is 1. The first-order chi connectivity index (χ1) is 32.0. The number of rotatable bonds is 17. The lowest BCUT2D eigenvalue weighted by Gasteiger charge is -2.39. The fourth-order valence-corrected chi connectivity index (χ4v) is 10.3. The fraction of sp³-hybridized carbons (Fsp3) is 0.521. The minimum absolute atomic E-state index is 0.0102. The molecule has 1 aromatic carbocycles. The lowest BCUT2D eigenvalue weighted by Crippen LogP contribution is -2.57. The number of carbonyl (C=O) groups is 5. The molecule has 2 spiro atoms. The number of aryl methyl sites for hydroxylation is 2. The summed E-state index contributed by atoms with van der Waals surface area (Å²) in [6.07, 6.45) is 8.25. The summed E-state index contributed by atoms with van der Waals surface area (Å²) in [6, 6.07) is 9.63. The number of fused-ring (bicyclic) bond motifs is 2. The molecule has 67 heavy (non-hydrogen) atoms. The van der Waals surface area contributed by atoms with Crippen LogP contribution in [0.25, 0.3) is 10.4 Å². The summed E-state index contributed by atoms with van der Waals surface area (Å²) in [5.41, 5.74) is 4.82. The average molecular weight is 937 g/mol. The number of pyridine rings is 1. The topological polar surface area (TPSA) is 228 Å². The van der Waals surface area contributed by atoms with Gasteiger partial charge >= 0.3 is 0 Å². The van der Waals surface area contributed by atoms with E-state index in [0.717, 1.165) is 34.5 Å². The minimum atomic E-state index is -0.862. The third-order valence-corrected chi connectivity index (χ3v) is 14.4. The van der Waals surface area contributed by atoms with Crippen LogP contribution in [0.4, 0.5) is 17.3 Å². The first-order valence-electron chi connectivity index (χ1n) is 23.1. The first kappa shape index (κ1) is 47.4. The SMILES string of the molecule is Cc1cc(Nc2cc(NC(=O)COCCOCCC(=O)N[C@H](C(=O)N3CCC[C@H]3C(=O)NCc3ccc(-c4scnc4C)cc3)C(C)(C)C)ncn2)c(=O)n2c1C(=O)NC21CCC2(CC2)CC1. The van der Waals surface area contributed by atoms with Crippen molar-refractivity contribution in [1.29, 1.82) is 0 Å². The molecular formula is C48H60N10O8S. The standard InChI is InChI=1S/C48H60N10O8S/c1-29-23-33(44(63)58-39(29)43(62)56-48(58)17-15-47(13-14-47)16-18-48)53-35-24-36(51-27-50-35)54-38(60)26-66-22-21-65-20-12-37(59)55-41(46(3,4)5)45(64)57-19-6-7-34(57)42(61)49-25-31-8-10-32(11-9-31)40-30(2)52-28-67-40/h8-11,23-24,27-28,34,41H,6-7,12-22,25-26H2,1-5H3,(H,49,61)(H,55,59)(H,56,62)(H2,50,51,53,54,60)/t34-,41+/m0/s1. The van der Waals surface area contributed by atoms with Gasteiger partial charge in [-0.05, 0) is 98.8 Å². The molecule has 3 fully saturated rings. The minimum Gasteiger partial charge on any atom is -0.379 e. The highest BCUT2D eigenvalue weighted by Crippen LogP contribution is 2.59. The van der Waals surface area contributed by atoms with E-state index in [0.29, 0.717) is 55.4 Å². The van der Waals surface area contributed by atoms with E-state index < -0.39 is 29.1 Å². The summed E-state index contributed by atoms with van der Waals surface area (Å²) >= 11 is 1.58. The van der Waals surface area contributed by atoms with Crippen LogP contribution in [0.3, 0.4) is 0 Å². The van der Waals surface area contributed by atoms with Gasteiger partial charge in [-0.3, -0.25) is 33.3 Å². The van der Waals surface area contributed by atoms with E-state index in [1.165, 1.54) is 25.2 Å². The monoisotopic (exact) mass is 936 g/mol. The Bertz CT molecular complexity index is 2570. The molecule has 1 saturated heterocycles. The van der Waals surface area contributed by atoms with Gasteiger partial charge in [-0.2, -0.15) is 0 Å². The Balaban J connectivity index is 0.746. The molecule has 0 radical (unpaired) electrons. The predicted molar refractivity (Wildman–Crippen MR) is 251 cm³/mol. The molecule has 356 valence electrons. The molecule has 5 amide bonds. The maximum absolute atomic E-state index is 13.9. The maximum atomic E-state index is 13.9. The van der Waals surface area contributed by atoms with Crippen LogP contribution < -0.4 is 32.1 Å². The van der Waals surface area contributed by atoms with E-state index in [1.807, 2.05) is 64.4 Å². The molecule has 4 aromatic rings. The molecular weight excluding hydrogens is 877 g/mol. The van der Waals surface area contributed by atoms with Gasteiger partial charge in [-0.15, -0.1) is 11.3 Å². The lowest BCUT2D eigenvalue weighted by atomic mass is 9.79. The molecule has 3 aromatic heterocycles. The number of hydrogen-bond donors (Lipinski definition) is 5. The third-order valence-electron chi connectivity index (χ3n) is 13.4. The van der Waals surface area contributed by atoms with Gasteiger partial charge in [-0.1, -0.05) is 45.0 Å². The van der Waals surface area contributed by atoms with Crippen molar-refractivity contribution in [3.63, 3.8) is 0 Å². The smallest absolute Gasteiger partial charge is 0.276 e. The summed E-state index contributed by atoms with van der Waals surface area (Å²) in [5, 5.41) is 14.8. The normalized spacial score (nSPS) is 18.3. The Morgan fingerprint density at radius 2 is 1.63 bits per heavy atom. The molecule has 2 aliphatic heterocycles. The van der Waals surface area contributed by atoms with Gasteiger partial charge in [0.2, 0.25) is 17.7 Å². The van der Waals surface area contributed by atoms with Crippen LogP contribution in [0.2, 0.25) is 0 Å². The number of aromatic nitrogens is 4. The zero-order valence-corrected chi connectivity index (χ0v) is 39.6. The van der Waals surface area contributed by atoms with E-state index in [2.05, 4.69) is 41.5 Å². The Morgan fingerprint density at radius 3 is 2.33 bits per heavy atom. The summed E-state index contributed by atoms with van der Waals surface area (Å²) in [7, 11) is 0. The van der Waals surface area contributed by atoms with Crippen molar-refractivity contribution in [3.8, 4) is 10.4 Å². The van der Waals surface area contributed by atoms with Crippen molar-refractivity contribution in [2.75, 3.05) is 43.6 Å². The zero-order valence-electron chi connectivity index (χ0n) is 38.8. The second kappa shape index (κ2) is 19.7. The molecule has 4 aliphatic rings. The van der Waals surface area contributed by atoms with Crippen molar-refractivity contribution in [2.24, 2.45) is 10.8 Å². The van der Waals surface area contributed by atoms with Crippen LogP contribution in [0, 0.1) is 24.7 Å². The number of thiazole rings is 1. The number of ether oxygens (including phenoxy) is 2. The van der Waals surface area contributed by atoms with Crippen LogP contribution >= 0.6 is 11.3 Å². The van der Waals surface area contributed by atoms with Crippen LogP contribution in [0.1, 0.15) is 106 Å². The molecule has 5 N–H and O–H groups in total. The van der Waals surface area contributed by atoms with Crippen molar-refractivity contribution >= 4 is 58.2 Å². The summed E-state index contributed by atoms with van der Waals surface area (Å²) < 4.78 is 12.7. The van der Waals surface area contributed by atoms with Crippen LogP contribution in [-0.4, -0.2) is 99.0 Å². The Hall–Kier alpha value is -6.05. The number of hydrogen-bond acceptors (Lipinski definition) is 13. The molecule has 19 heteroatoms. The van der Waals surface area contributed by atoms with Gasteiger partial charge in [0, 0.05) is 25.6 Å². The maximum Gasteiger partial charge on any atom is 0.276 e.